The van der Waals surface area contributed by atoms with Crippen molar-refractivity contribution in [2.24, 2.45) is 4.99 Å². The van der Waals surface area contributed by atoms with Crippen molar-refractivity contribution in [2.45, 2.75) is 37.8 Å². The Kier molecular flexibility index (Phi) is 5.03. The van der Waals surface area contributed by atoms with Gasteiger partial charge in [-0.15, -0.1) is 0 Å². The third-order valence-electron chi connectivity index (χ3n) is 6.46. The zero-order valence-corrected chi connectivity index (χ0v) is 18.4. The second-order valence-corrected chi connectivity index (χ2v) is 8.59. The number of para-hydroxylation sites is 2. The molecule has 34 heavy (non-hydrogen) atoms. The van der Waals surface area contributed by atoms with E-state index in [1.165, 1.54) is 6.33 Å². The zero-order valence-electron chi connectivity index (χ0n) is 18.4. The molecule has 0 aliphatic heterocycles. The molecule has 0 saturated heterocycles. The number of aliphatic hydroxyl groups excluding tert-OH is 1. The van der Waals surface area contributed by atoms with E-state index in [1.807, 2.05) is 42.6 Å². The number of aromatic amines is 1. The second-order valence-electron chi connectivity index (χ2n) is 8.59. The summed E-state index contributed by atoms with van der Waals surface area (Å²) in [5.41, 5.74) is 4.98. The van der Waals surface area contributed by atoms with Gasteiger partial charge < -0.3 is 14.7 Å². The first-order chi connectivity index (χ1) is 16.7. The summed E-state index contributed by atoms with van der Waals surface area (Å²) in [5, 5.41) is 14.1. The summed E-state index contributed by atoms with van der Waals surface area (Å²) in [7, 11) is 0. The van der Waals surface area contributed by atoms with Crippen molar-refractivity contribution in [3.63, 3.8) is 0 Å². The normalized spacial score (nSPS) is 19.1. The number of H-pyrrole nitrogens is 1. The number of benzene rings is 1. The number of imidazole rings is 1. The lowest BCUT2D eigenvalue weighted by atomic mass is 9.93. The van der Waals surface area contributed by atoms with Crippen molar-refractivity contribution in [2.75, 3.05) is 0 Å². The van der Waals surface area contributed by atoms with Crippen molar-refractivity contribution in [1.29, 1.82) is 0 Å². The number of fused-ring (bicyclic) bond motifs is 2. The molecule has 1 aliphatic rings. The van der Waals surface area contributed by atoms with Crippen LogP contribution in [0.2, 0.25) is 0 Å². The Hall–Kier alpha value is -4.11. The van der Waals surface area contributed by atoms with E-state index in [1.54, 1.807) is 22.8 Å². The fourth-order valence-electron chi connectivity index (χ4n) is 4.77. The number of rotatable bonds is 3. The fraction of sp³-hybridized carbons (Fsp3) is 0.240. The first-order valence-electron chi connectivity index (χ1n) is 11.4. The molecule has 1 aromatic carbocycles. The van der Waals surface area contributed by atoms with Crippen molar-refractivity contribution >= 4 is 22.6 Å². The van der Waals surface area contributed by atoms with Crippen LogP contribution in [0, 0.1) is 0 Å². The van der Waals surface area contributed by atoms with E-state index in [0.717, 1.165) is 42.3 Å². The van der Waals surface area contributed by atoms with Gasteiger partial charge in [0, 0.05) is 29.6 Å². The van der Waals surface area contributed by atoms with Crippen LogP contribution in [-0.2, 0) is 0 Å². The van der Waals surface area contributed by atoms with Gasteiger partial charge in [0.1, 0.15) is 6.33 Å². The summed E-state index contributed by atoms with van der Waals surface area (Å²) in [6.07, 6.45) is 7.82. The number of carbonyl (C=O) groups is 1. The molecule has 0 unspecified atom stereocenters. The van der Waals surface area contributed by atoms with Gasteiger partial charge in [-0.05, 0) is 62.1 Å². The molecule has 0 radical (unpaired) electrons. The van der Waals surface area contributed by atoms with Crippen LogP contribution in [0.5, 0.6) is 0 Å². The standard InChI is InChI=1S/C25H23N7O2/c33-18-9-7-17(8-10-18)32-22-6-2-1-5-20(22)29-25(32)30-24(34)16-11-12-26-21(14-16)19-4-3-13-31-23(19)27-15-28-31/h1-6,11-15,17-18,33H,7-10H2,(H,29,30,34)/t17-,18+. The van der Waals surface area contributed by atoms with Crippen LogP contribution in [-0.4, -0.2) is 46.3 Å². The number of pyridine rings is 2. The summed E-state index contributed by atoms with van der Waals surface area (Å²) >= 11 is 0. The van der Waals surface area contributed by atoms with Crippen LogP contribution in [0.15, 0.2) is 72.2 Å². The van der Waals surface area contributed by atoms with Gasteiger partial charge in [-0.2, -0.15) is 10.1 Å². The molecular formula is C25H23N7O2. The summed E-state index contributed by atoms with van der Waals surface area (Å²) in [6, 6.07) is 15.3. The summed E-state index contributed by atoms with van der Waals surface area (Å²) in [4.78, 5) is 29.8. The molecule has 4 aromatic heterocycles. The number of nitrogens with one attached hydrogen (secondary N) is 1. The predicted molar refractivity (Wildman–Crippen MR) is 126 cm³/mol. The van der Waals surface area contributed by atoms with E-state index >= 15 is 0 Å². The van der Waals surface area contributed by atoms with Crippen molar-refractivity contribution in [3.8, 4) is 11.3 Å². The number of amides is 1. The number of aromatic nitrogens is 6. The zero-order chi connectivity index (χ0) is 23.1. The van der Waals surface area contributed by atoms with Crippen LogP contribution in [0.4, 0.5) is 0 Å². The van der Waals surface area contributed by atoms with Crippen LogP contribution in [0.3, 0.4) is 0 Å². The van der Waals surface area contributed by atoms with Gasteiger partial charge in [-0.1, -0.05) is 12.1 Å². The highest BCUT2D eigenvalue weighted by molar-refractivity contribution is 5.96. The number of carbonyl (C=O) groups excluding carboxylic acids is 1. The molecule has 0 atom stereocenters. The average molecular weight is 454 g/mol. The molecule has 4 heterocycles. The second kappa shape index (κ2) is 8.35. The molecule has 9 nitrogen and oxygen atoms in total. The van der Waals surface area contributed by atoms with Gasteiger partial charge in [-0.25, -0.2) is 9.50 Å². The summed E-state index contributed by atoms with van der Waals surface area (Å²) in [6.45, 7) is 0. The largest absolute Gasteiger partial charge is 0.393 e. The number of nitrogens with zero attached hydrogens (tertiary/aromatic N) is 6. The highest BCUT2D eigenvalue weighted by Gasteiger charge is 2.23. The number of aliphatic hydroxyl groups is 1. The minimum absolute atomic E-state index is 0.171. The SMILES string of the molecule is O=C(/N=c1\[nH]c2ccccc2n1[C@H]1CC[C@@H](O)CC1)c1ccnc(-c2cccn3ncnc23)c1. The van der Waals surface area contributed by atoms with Crippen LogP contribution < -0.4 is 5.62 Å². The van der Waals surface area contributed by atoms with E-state index in [2.05, 4.69) is 29.6 Å². The number of hydrogen-bond acceptors (Lipinski definition) is 5. The molecule has 1 amide bonds. The lowest BCUT2D eigenvalue weighted by molar-refractivity contribution is 0.0990. The minimum atomic E-state index is -0.354. The fourth-order valence-corrected chi connectivity index (χ4v) is 4.77. The topological polar surface area (TPSA) is 113 Å². The molecule has 0 bridgehead atoms. The molecule has 0 spiro atoms. The molecule has 9 heteroatoms. The lowest BCUT2D eigenvalue weighted by Gasteiger charge is -2.27. The smallest absolute Gasteiger partial charge is 0.280 e. The van der Waals surface area contributed by atoms with Gasteiger partial charge in [0.2, 0.25) is 5.62 Å². The Bertz CT molecular complexity index is 1570. The maximum atomic E-state index is 13.3. The first kappa shape index (κ1) is 20.5. The molecule has 1 saturated carbocycles. The molecule has 2 N–H and O–H groups in total. The van der Waals surface area contributed by atoms with Gasteiger partial charge >= 0.3 is 0 Å². The van der Waals surface area contributed by atoms with Gasteiger partial charge in [0.15, 0.2) is 5.65 Å². The molecule has 6 rings (SSSR count). The maximum absolute atomic E-state index is 13.3. The third-order valence-corrected chi connectivity index (χ3v) is 6.46. The Balaban J connectivity index is 1.42. The average Bonchev–Trinajstić information content (AvgIpc) is 3.49. The van der Waals surface area contributed by atoms with E-state index in [4.69, 9.17) is 0 Å². The Morgan fingerprint density at radius 1 is 1.06 bits per heavy atom. The predicted octanol–water partition coefficient (Wildman–Crippen LogP) is 3.29. The highest BCUT2D eigenvalue weighted by Crippen LogP contribution is 2.30. The van der Waals surface area contributed by atoms with E-state index in [-0.39, 0.29) is 18.1 Å². The minimum Gasteiger partial charge on any atom is -0.393 e. The van der Waals surface area contributed by atoms with Crippen molar-refractivity contribution in [3.05, 3.63) is 78.4 Å². The molecule has 5 aromatic rings. The maximum Gasteiger partial charge on any atom is 0.280 e. The van der Waals surface area contributed by atoms with Crippen LogP contribution in [0.25, 0.3) is 27.9 Å². The Labute approximate surface area is 194 Å². The molecule has 1 fully saturated rings. The molecule has 170 valence electrons. The van der Waals surface area contributed by atoms with E-state index in [0.29, 0.717) is 22.5 Å². The lowest BCUT2D eigenvalue weighted by Crippen LogP contribution is -2.29. The molecular weight excluding hydrogens is 430 g/mol. The third kappa shape index (κ3) is 3.60. The van der Waals surface area contributed by atoms with Crippen LogP contribution >= 0.6 is 0 Å². The van der Waals surface area contributed by atoms with E-state index < -0.39 is 0 Å². The monoisotopic (exact) mass is 453 g/mol. The van der Waals surface area contributed by atoms with Gasteiger partial charge in [0.05, 0.1) is 22.8 Å². The first-order valence-corrected chi connectivity index (χ1v) is 11.4. The Morgan fingerprint density at radius 3 is 2.79 bits per heavy atom. The summed E-state index contributed by atoms with van der Waals surface area (Å²) in [5.74, 6) is -0.354. The van der Waals surface area contributed by atoms with Crippen molar-refractivity contribution < 1.29 is 9.90 Å². The van der Waals surface area contributed by atoms with E-state index in [9.17, 15) is 9.90 Å². The quantitative estimate of drug-likeness (QED) is 0.435. The van der Waals surface area contributed by atoms with Gasteiger partial charge in [0.25, 0.3) is 5.91 Å². The van der Waals surface area contributed by atoms with Crippen molar-refractivity contribution in [1.82, 2.24) is 29.1 Å². The van der Waals surface area contributed by atoms with Gasteiger partial charge in [-0.3, -0.25) is 9.78 Å². The number of hydrogen-bond donors (Lipinski definition) is 2. The highest BCUT2D eigenvalue weighted by atomic mass is 16.3. The summed E-state index contributed by atoms with van der Waals surface area (Å²) < 4.78 is 3.78. The Morgan fingerprint density at radius 2 is 1.91 bits per heavy atom. The molecule has 1 aliphatic carbocycles. The van der Waals surface area contributed by atoms with Crippen LogP contribution in [0.1, 0.15) is 42.1 Å².